The predicted molar refractivity (Wildman–Crippen MR) is 85.4 cm³/mol. The van der Waals surface area contributed by atoms with Crippen LogP contribution in [0.3, 0.4) is 0 Å². The minimum absolute atomic E-state index is 0.374. The van der Waals surface area contributed by atoms with E-state index in [2.05, 4.69) is 20.6 Å². The SMILES string of the molecule is CCc1nnc2ccc(N[C@H](Cc3ccccc3)C(=O)O)nn12. The normalized spacial score (nSPS) is 12.2. The molecule has 1 aromatic carbocycles. The van der Waals surface area contributed by atoms with E-state index in [9.17, 15) is 9.90 Å². The quantitative estimate of drug-likeness (QED) is 0.721. The molecule has 0 aliphatic rings. The Morgan fingerprint density at radius 1 is 1.22 bits per heavy atom. The second kappa shape index (κ2) is 6.43. The standard InChI is InChI=1S/C16H17N5O2/c1-2-14-18-19-15-9-8-13(20-21(14)15)17-12(16(22)23)10-11-6-4-3-5-7-11/h3-9,12H,2,10H2,1H3,(H,17,20)(H,22,23)/t12-/m1/s1. The Hall–Kier alpha value is -2.96. The van der Waals surface area contributed by atoms with E-state index < -0.39 is 12.0 Å². The summed E-state index contributed by atoms with van der Waals surface area (Å²) in [7, 11) is 0. The predicted octanol–water partition coefficient (Wildman–Crippen LogP) is 1.79. The fourth-order valence-corrected chi connectivity index (χ4v) is 2.36. The highest BCUT2D eigenvalue weighted by molar-refractivity contribution is 5.77. The van der Waals surface area contributed by atoms with E-state index in [0.717, 1.165) is 11.4 Å². The van der Waals surface area contributed by atoms with Crippen LogP contribution in [-0.2, 0) is 17.6 Å². The van der Waals surface area contributed by atoms with Crippen LogP contribution in [0.5, 0.6) is 0 Å². The van der Waals surface area contributed by atoms with E-state index in [0.29, 0.717) is 24.3 Å². The highest BCUT2D eigenvalue weighted by atomic mass is 16.4. The molecule has 0 bridgehead atoms. The molecule has 2 N–H and O–H groups in total. The van der Waals surface area contributed by atoms with Crippen molar-refractivity contribution in [3.63, 3.8) is 0 Å². The largest absolute Gasteiger partial charge is 0.480 e. The van der Waals surface area contributed by atoms with Crippen LogP contribution in [0, 0.1) is 0 Å². The summed E-state index contributed by atoms with van der Waals surface area (Å²) < 4.78 is 1.63. The maximum atomic E-state index is 11.5. The number of rotatable bonds is 6. The molecular formula is C16H17N5O2. The molecule has 1 atom stereocenters. The van der Waals surface area contributed by atoms with Crippen molar-refractivity contribution < 1.29 is 9.90 Å². The van der Waals surface area contributed by atoms with Crippen molar-refractivity contribution >= 4 is 17.4 Å². The summed E-state index contributed by atoms with van der Waals surface area (Å²) in [5.41, 5.74) is 1.59. The number of carboxylic acid groups (broad SMARTS) is 1. The lowest BCUT2D eigenvalue weighted by atomic mass is 10.1. The van der Waals surface area contributed by atoms with Gasteiger partial charge < -0.3 is 10.4 Å². The number of nitrogens with zero attached hydrogens (tertiary/aromatic N) is 4. The van der Waals surface area contributed by atoms with Crippen molar-refractivity contribution in [3.8, 4) is 0 Å². The van der Waals surface area contributed by atoms with Gasteiger partial charge in [0, 0.05) is 12.8 Å². The number of benzene rings is 1. The van der Waals surface area contributed by atoms with Crippen molar-refractivity contribution in [1.29, 1.82) is 0 Å². The number of aromatic nitrogens is 4. The third-order valence-electron chi connectivity index (χ3n) is 3.55. The van der Waals surface area contributed by atoms with Gasteiger partial charge in [0.15, 0.2) is 11.5 Å². The lowest BCUT2D eigenvalue weighted by molar-refractivity contribution is -0.137. The van der Waals surface area contributed by atoms with Crippen LogP contribution >= 0.6 is 0 Å². The summed E-state index contributed by atoms with van der Waals surface area (Å²) in [6, 6.07) is 12.2. The fourth-order valence-electron chi connectivity index (χ4n) is 2.36. The summed E-state index contributed by atoms with van der Waals surface area (Å²) in [4.78, 5) is 11.5. The van der Waals surface area contributed by atoms with Gasteiger partial charge in [-0.15, -0.1) is 15.3 Å². The first kappa shape index (κ1) is 15.0. The molecule has 0 saturated carbocycles. The Balaban J connectivity index is 1.83. The van der Waals surface area contributed by atoms with E-state index in [1.54, 1.807) is 16.6 Å². The summed E-state index contributed by atoms with van der Waals surface area (Å²) in [5, 5.41) is 24.9. The number of anilines is 1. The zero-order valence-corrected chi connectivity index (χ0v) is 12.7. The zero-order valence-electron chi connectivity index (χ0n) is 12.7. The molecule has 0 amide bonds. The van der Waals surface area contributed by atoms with E-state index >= 15 is 0 Å². The van der Waals surface area contributed by atoms with Gasteiger partial charge in [0.05, 0.1) is 0 Å². The van der Waals surface area contributed by atoms with Crippen molar-refractivity contribution in [2.45, 2.75) is 25.8 Å². The molecule has 0 aliphatic heterocycles. The number of carboxylic acids is 1. The number of carbonyl (C=O) groups is 1. The van der Waals surface area contributed by atoms with E-state index in [1.807, 2.05) is 37.3 Å². The van der Waals surface area contributed by atoms with Crippen LogP contribution < -0.4 is 5.32 Å². The van der Waals surface area contributed by atoms with Gasteiger partial charge in [-0.25, -0.2) is 4.79 Å². The maximum Gasteiger partial charge on any atom is 0.326 e. The maximum absolute atomic E-state index is 11.5. The summed E-state index contributed by atoms with van der Waals surface area (Å²) in [5.74, 6) is 0.295. The zero-order chi connectivity index (χ0) is 16.2. The lowest BCUT2D eigenvalue weighted by Gasteiger charge is -2.15. The van der Waals surface area contributed by atoms with Gasteiger partial charge in [-0.05, 0) is 17.7 Å². The minimum atomic E-state index is -0.921. The molecule has 7 heteroatoms. The number of nitrogens with one attached hydrogen (secondary N) is 1. The van der Waals surface area contributed by atoms with Crippen LogP contribution in [0.15, 0.2) is 42.5 Å². The molecule has 3 rings (SSSR count). The molecular weight excluding hydrogens is 294 g/mol. The van der Waals surface area contributed by atoms with Crippen LogP contribution in [0.25, 0.3) is 5.65 Å². The Kier molecular flexibility index (Phi) is 4.18. The highest BCUT2D eigenvalue weighted by Gasteiger charge is 2.19. The number of aliphatic carboxylic acids is 1. The number of hydrogen-bond donors (Lipinski definition) is 2. The van der Waals surface area contributed by atoms with Gasteiger partial charge >= 0.3 is 5.97 Å². The van der Waals surface area contributed by atoms with Gasteiger partial charge in [-0.2, -0.15) is 4.52 Å². The first-order chi connectivity index (χ1) is 11.2. The van der Waals surface area contributed by atoms with E-state index in [4.69, 9.17) is 0 Å². The molecule has 0 aliphatic carbocycles. The fraction of sp³-hybridized carbons (Fsp3) is 0.250. The first-order valence-electron chi connectivity index (χ1n) is 7.42. The molecule has 0 radical (unpaired) electrons. The second-order valence-electron chi connectivity index (χ2n) is 5.18. The summed E-state index contributed by atoms with van der Waals surface area (Å²) in [6.07, 6.45) is 1.07. The van der Waals surface area contributed by atoms with Crippen molar-refractivity contribution in [1.82, 2.24) is 19.8 Å². The second-order valence-corrected chi connectivity index (χ2v) is 5.18. The third-order valence-corrected chi connectivity index (χ3v) is 3.55. The van der Waals surface area contributed by atoms with Crippen LogP contribution in [0.2, 0.25) is 0 Å². The van der Waals surface area contributed by atoms with Crippen molar-refractivity contribution in [2.24, 2.45) is 0 Å². The Bertz CT molecular complexity index is 816. The Morgan fingerprint density at radius 2 is 2.00 bits per heavy atom. The molecule has 2 heterocycles. The number of fused-ring (bicyclic) bond motifs is 1. The van der Waals surface area contributed by atoms with Gasteiger partial charge in [0.2, 0.25) is 0 Å². The van der Waals surface area contributed by atoms with Crippen molar-refractivity contribution in [3.05, 3.63) is 53.9 Å². The van der Waals surface area contributed by atoms with Crippen LogP contribution in [-0.4, -0.2) is 36.9 Å². The topological polar surface area (TPSA) is 92.4 Å². The minimum Gasteiger partial charge on any atom is -0.480 e. The van der Waals surface area contributed by atoms with E-state index in [1.165, 1.54) is 0 Å². The molecule has 0 fully saturated rings. The first-order valence-corrected chi connectivity index (χ1v) is 7.42. The van der Waals surface area contributed by atoms with Crippen LogP contribution in [0.4, 0.5) is 5.82 Å². The molecule has 0 unspecified atom stereocenters. The Labute approximate surface area is 133 Å². The number of hydrogen-bond acceptors (Lipinski definition) is 5. The molecule has 23 heavy (non-hydrogen) atoms. The third kappa shape index (κ3) is 3.28. The van der Waals surface area contributed by atoms with Crippen LogP contribution in [0.1, 0.15) is 18.3 Å². The average Bonchev–Trinajstić information content (AvgIpc) is 2.97. The number of aryl methyl sites for hydroxylation is 1. The highest BCUT2D eigenvalue weighted by Crippen LogP contribution is 2.11. The average molecular weight is 311 g/mol. The molecule has 0 spiro atoms. The molecule has 3 aromatic rings. The molecule has 0 saturated heterocycles. The van der Waals surface area contributed by atoms with Gasteiger partial charge in [0.1, 0.15) is 11.9 Å². The molecule has 2 aromatic heterocycles. The Morgan fingerprint density at radius 3 is 2.70 bits per heavy atom. The summed E-state index contributed by atoms with van der Waals surface area (Å²) >= 11 is 0. The van der Waals surface area contributed by atoms with Crippen molar-refractivity contribution in [2.75, 3.05) is 5.32 Å². The molecule has 118 valence electrons. The monoisotopic (exact) mass is 311 g/mol. The molecule has 7 nitrogen and oxygen atoms in total. The van der Waals surface area contributed by atoms with Gasteiger partial charge in [-0.1, -0.05) is 37.3 Å². The van der Waals surface area contributed by atoms with E-state index in [-0.39, 0.29) is 0 Å². The smallest absolute Gasteiger partial charge is 0.326 e. The lowest BCUT2D eigenvalue weighted by Crippen LogP contribution is -2.32. The van der Waals surface area contributed by atoms with Gasteiger partial charge in [0.25, 0.3) is 0 Å². The summed E-state index contributed by atoms with van der Waals surface area (Å²) in [6.45, 7) is 1.97. The van der Waals surface area contributed by atoms with Gasteiger partial charge in [-0.3, -0.25) is 0 Å².